The van der Waals surface area contributed by atoms with E-state index in [0.717, 1.165) is 12.3 Å². The van der Waals surface area contributed by atoms with Crippen molar-refractivity contribution in [1.29, 1.82) is 0 Å². The fourth-order valence-corrected chi connectivity index (χ4v) is 2.30. The highest BCUT2D eigenvalue weighted by Gasteiger charge is 2.09. The van der Waals surface area contributed by atoms with Gasteiger partial charge in [0, 0.05) is 25.9 Å². The molecule has 0 aliphatic rings. The summed E-state index contributed by atoms with van der Waals surface area (Å²) in [6.45, 7) is 4.57. The van der Waals surface area contributed by atoms with Gasteiger partial charge in [-0.05, 0) is 12.3 Å². The molecule has 1 aromatic heterocycles. The van der Waals surface area contributed by atoms with Crippen LogP contribution in [-0.4, -0.2) is 9.55 Å². The molecule has 92 valence electrons. The van der Waals surface area contributed by atoms with Crippen molar-refractivity contribution in [3.8, 4) is 0 Å². The molecule has 0 aliphatic carbocycles. The molecule has 1 aromatic rings. The average Bonchev–Trinajstić information content (AvgIpc) is 2.68. The molecule has 0 N–H and O–H groups in total. The second kappa shape index (κ2) is 7.48. The van der Waals surface area contributed by atoms with E-state index in [4.69, 9.17) is 0 Å². The first-order chi connectivity index (χ1) is 7.77. The number of rotatable bonds is 8. The zero-order valence-electron chi connectivity index (χ0n) is 11.1. The van der Waals surface area contributed by atoms with E-state index in [1.54, 1.807) is 0 Å². The van der Waals surface area contributed by atoms with E-state index in [0.29, 0.717) is 0 Å². The van der Waals surface area contributed by atoms with Crippen LogP contribution in [0.5, 0.6) is 0 Å². The number of hydrogen-bond donors (Lipinski definition) is 0. The number of aromatic nitrogens is 2. The monoisotopic (exact) mass is 222 g/mol. The van der Waals surface area contributed by atoms with Gasteiger partial charge in [-0.15, -0.1) is 0 Å². The summed E-state index contributed by atoms with van der Waals surface area (Å²) in [7, 11) is 2.09. The molecule has 1 heterocycles. The fourth-order valence-electron chi connectivity index (χ4n) is 2.30. The van der Waals surface area contributed by atoms with Crippen molar-refractivity contribution in [2.24, 2.45) is 13.0 Å². The molecular weight excluding hydrogens is 196 g/mol. The summed E-state index contributed by atoms with van der Waals surface area (Å²) in [5.41, 5.74) is 0. The van der Waals surface area contributed by atoms with Gasteiger partial charge in [-0.3, -0.25) is 0 Å². The lowest BCUT2D eigenvalue weighted by Crippen LogP contribution is -2.05. The van der Waals surface area contributed by atoms with Crippen molar-refractivity contribution in [2.75, 3.05) is 0 Å². The van der Waals surface area contributed by atoms with Crippen molar-refractivity contribution < 1.29 is 0 Å². The maximum Gasteiger partial charge on any atom is 0.108 e. The molecular formula is C14H26N2. The van der Waals surface area contributed by atoms with Crippen molar-refractivity contribution in [2.45, 2.75) is 58.8 Å². The molecule has 0 saturated heterocycles. The standard InChI is InChI=1S/C14H26N2/c1-4-6-8-13(7-5-2)9-10-14-15-11-12-16(14)3/h11-13H,4-10H2,1-3H3. The van der Waals surface area contributed by atoms with Crippen molar-refractivity contribution >= 4 is 0 Å². The van der Waals surface area contributed by atoms with Gasteiger partial charge in [0.05, 0.1) is 0 Å². The van der Waals surface area contributed by atoms with Crippen LogP contribution in [0.25, 0.3) is 0 Å². The molecule has 0 radical (unpaired) electrons. The minimum Gasteiger partial charge on any atom is -0.338 e. The highest BCUT2D eigenvalue weighted by atomic mass is 15.0. The van der Waals surface area contributed by atoms with Gasteiger partial charge in [-0.25, -0.2) is 4.98 Å². The number of nitrogens with zero attached hydrogens (tertiary/aromatic N) is 2. The van der Waals surface area contributed by atoms with E-state index in [1.165, 1.54) is 44.3 Å². The molecule has 0 amide bonds. The van der Waals surface area contributed by atoms with Gasteiger partial charge in [0.25, 0.3) is 0 Å². The van der Waals surface area contributed by atoms with Crippen molar-refractivity contribution in [3.05, 3.63) is 18.2 Å². The molecule has 2 nitrogen and oxygen atoms in total. The van der Waals surface area contributed by atoms with Gasteiger partial charge >= 0.3 is 0 Å². The summed E-state index contributed by atoms with van der Waals surface area (Å²) in [6.07, 6.45) is 13.2. The molecule has 1 unspecified atom stereocenters. The van der Waals surface area contributed by atoms with Gasteiger partial charge < -0.3 is 4.57 Å². The zero-order chi connectivity index (χ0) is 11.8. The lowest BCUT2D eigenvalue weighted by molar-refractivity contribution is 0.397. The minimum atomic E-state index is 0.904. The maximum atomic E-state index is 4.39. The van der Waals surface area contributed by atoms with Crippen LogP contribution in [0.15, 0.2) is 12.4 Å². The van der Waals surface area contributed by atoms with Crippen LogP contribution >= 0.6 is 0 Å². The van der Waals surface area contributed by atoms with Gasteiger partial charge in [0.2, 0.25) is 0 Å². The number of hydrogen-bond acceptors (Lipinski definition) is 1. The van der Waals surface area contributed by atoms with E-state index in [9.17, 15) is 0 Å². The van der Waals surface area contributed by atoms with Crippen LogP contribution in [0.4, 0.5) is 0 Å². The van der Waals surface area contributed by atoms with E-state index in [2.05, 4.69) is 30.4 Å². The third kappa shape index (κ3) is 4.38. The second-order valence-corrected chi connectivity index (χ2v) is 4.79. The smallest absolute Gasteiger partial charge is 0.108 e. The van der Waals surface area contributed by atoms with E-state index >= 15 is 0 Å². The van der Waals surface area contributed by atoms with Crippen LogP contribution in [0, 0.1) is 5.92 Å². The average molecular weight is 222 g/mol. The first kappa shape index (κ1) is 13.3. The number of aryl methyl sites for hydroxylation is 2. The predicted molar refractivity (Wildman–Crippen MR) is 69.5 cm³/mol. The third-order valence-electron chi connectivity index (χ3n) is 3.36. The SMILES string of the molecule is CCCCC(CCC)CCc1nccn1C. The first-order valence-electron chi connectivity index (χ1n) is 6.74. The Bertz CT molecular complexity index is 278. The van der Waals surface area contributed by atoms with Gasteiger partial charge in [0.1, 0.15) is 5.82 Å². The van der Waals surface area contributed by atoms with E-state index in [1.807, 2.05) is 12.4 Å². The van der Waals surface area contributed by atoms with Gasteiger partial charge in [0.15, 0.2) is 0 Å². The topological polar surface area (TPSA) is 17.8 Å². The summed E-state index contributed by atoms with van der Waals surface area (Å²) in [4.78, 5) is 4.39. The van der Waals surface area contributed by atoms with Crippen LogP contribution in [0.1, 0.15) is 58.2 Å². The molecule has 0 saturated carbocycles. The Morgan fingerprint density at radius 1 is 1.19 bits per heavy atom. The normalized spacial score (nSPS) is 12.9. The van der Waals surface area contributed by atoms with Crippen molar-refractivity contribution in [1.82, 2.24) is 9.55 Å². The highest BCUT2D eigenvalue weighted by molar-refractivity contribution is 4.91. The largest absolute Gasteiger partial charge is 0.338 e. The molecule has 2 heteroatoms. The minimum absolute atomic E-state index is 0.904. The zero-order valence-corrected chi connectivity index (χ0v) is 11.1. The Kier molecular flexibility index (Phi) is 6.20. The molecule has 0 aliphatic heterocycles. The Morgan fingerprint density at radius 3 is 2.56 bits per heavy atom. The molecule has 0 spiro atoms. The van der Waals surface area contributed by atoms with Gasteiger partial charge in [-0.1, -0.05) is 46.0 Å². The second-order valence-electron chi connectivity index (χ2n) is 4.79. The van der Waals surface area contributed by atoms with Crippen LogP contribution in [0.3, 0.4) is 0 Å². The van der Waals surface area contributed by atoms with Crippen LogP contribution in [0.2, 0.25) is 0 Å². The maximum absolute atomic E-state index is 4.39. The number of unbranched alkanes of at least 4 members (excludes halogenated alkanes) is 1. The van der Waals surface area contributed by atoms with E-state index < -0.39 is 0 Å². The third-order valence-corrected chi connectivity index (χ3v) is 3.36. The highest BCUT2D eigenvalue weighted by Crippen LogP contribution is 2.20. The Balaban J connectivity index is 2.34. The first-order valence-corrected chi connectivity index (χ1v) is 6.74. The Labute approximate surface area is 100 Å². The fraction of sp³-hybridized carbons (Fsp3) is 0.786. The van der Waals surface area contributed by atoms with Crippen LogP contribution < -0.4 is 0 Å². The lowest BCUT2D eigenvalue weighted by atomic mass is 9.92. The molecule has 16 heavy (non-hydrogen) atoms. The predicted octanol–water partition coefficient (Wildman–Crippen LogP) is 3.96. The lowest BCUT2D eigenvalue weighted by Gasteiger charge is -2.15. The molecule has 0 fully saturated rings. The van der Waals surface area contributed by atoms with Gasteiger partial charge in [-0.2, -0.15) is 0 Å². The van der Waals surface area contributed by atoms with Crippen molar-refractivity contribution in [3.63, 3.8) is 0 Å². The molecule has 0 aromatic carbocycles. The summed E-state index contributed by atoms with van der Waals surface area (Å²) in [6, 6.07) is 0. The van der Waals surface area contributed by atoms with Crippen LogP contribution in [-0.2, 0) is 13.5 Å². The Hall–Kier alpha value is -0.790. The van der Waals surface area contributed by atoms with E-state index in [-0.39, 0.29) is 0 Å². The summed E-state index contributed by atoms with van der Waals surface area (Å²) >= 11 is 0. The number of imidazole rings is 1. The molecule has 0 bridgehead atoms. The summed E-state index contributed by atoms with van der Waals surface area (Å²) in [5, 5.41) is 0. The molecule has 1 atom stereocenters. The summed E-state index contributed by atoms with van der Waals surface area (Å²) in [5.74, 6) is 2.14. The molecule has 1 rings (SSSR count). The Morgan fingerprint density at radius 2 is 2.00 bits per heavy atom. The summed E-state index contributed by atoms with van der Waals surface area (Å²) < 4.78 is 2.14. The quantitative estimate of drug-likeness (QED) is 0.651.